The van der Waals surface area contributed by atoms with Gasteiger partial charge in [0.2, 0.25) is 0 Å². The summed E-state index contributed by atoms with van der Waals surface area (Å²) >= 11 is 1.74. The van der Waals surface area contributed by atoms with Crippen LogP contribution in [0.1, 0.15) is 25.1 Å². The molecule has 0 amide bonds. The maximum absolute atomic E-state index is 4.44. The van der Waals surface area contributed by atoms with Crippen molar-refractivity contribution < 1.29 is 0 Å². The topological polar surface area (TPSA) is 37.8 Å². The van der Waals surface area contributed by atoms with Crippen molar-refractivity contribution in [2.24, 2.45) is 0 Å². The van der Waals surface area contributed by atoms with Crippen LogP contribution in [-0.4, -0.2) is 16.0 Å². The van der Waals surface area contributed by atoms with Gasteiger partial charge in [-0.15, -0.1) is 11.3 Å². The molecule has 2 heterocycles. The van der Waals surface area contributed by atoms with Gasteiger partial charge in [0.05, 0.1) is 0 Å². The lowest BCUT2D eigenvalue weighted by Gasteiger charge is -2.08. The van der Waals surface area contributed by atoms with E-state index in [0.29, 0.717) is 6.04 Å². The van der Waals surface area contributed by atoms with Crippen molar-refractivity contribution in [3.63, 3.8) is 0 Å². The minimum atomic E-state index is 0.557. The minimum absolute atomic E-state index is 0.557. The second kappa shape index (κ2) is 5.89. The van der Waals surface area contributed by atoms with E-state index in [2.05, 4.69) is 29.1 Å². The summed E-state index contributed by atoms with van der Waals surface area (Å²) in [6.45, 7) is 5.29. The van der Waals surface area contributed by atoms with E-state index >= 15 is 0 Å². The Labute approximate surface area is 106 Å². The Hall–Kier alpha value is -1.26. The molecule has 90 valence electrons. The zero-order valence-electron chi connectivity index (χ0n) is 10.2. The van der Waals surface area contributed by atoms with Gasteiger partial charge in [-0.25, -0.2) is 4.98 Å². The first kappa shape index (κ1) is 12.2. The molecule has 4 heteroatoms. The molecule has 0 aliphatic heterocycles. The molecule has 1 unspecified atom stereocenters. The molecule has 2 aromatic rings. The zero-order valence-corrected chi connectivity index (χ0v) is 11.0. The SMILES string of the molecule is CCC(C)NCc1cnc(-c2ccncc2)s1. The number of nitrogens with zero attached hydrogens (tertiary/aromatic N) is 2. The number of nitrogens with one attached hydrogen (secondary N) is 1. The van der Waals surface area contributed by atoms with Gasteiger partial charge in [0, 0.05) is 41.6 Å². The van der Waals surface area contributed by atoms with Gasteiger partial charge < -0.3 is 5.32 Å². The number of pyridine rings is 1. The van der Waals surface area contributed by atoms with Crippen LogP contribution >= 0.6 is 11.3 Å². The van der Waals surface area contributed by atoms with Crippen molar-refractivity contribution in [1.29, 1.82) is 0 Å². The first-order chi connectivity index (χ1) is 8.29. The van der Waals surface area contributed by atoms with Crippen LogP contribution in [0.15, 0.2) is 30.7 Å². The molecule has 0 aliphatic carbocycles. The Balaban J connectivity index is 2.01. The Morgan fingerprint density at radius 3 is 2.82 bits per heavy atom. The molecular weight excluding hydrogens is 230 g/mol. The van der Waals surface area contributed by atoms with Gasteiger partial charge in [0.1, 0.15) is 5.01 Å². The quantitative estimate of drug-likeness (QED) is 0.882. The van der Waals surface area contributed by atoms with Crippen LogP contribution in [0, 0.1) is 0 Å². The fourth-order valence-corrected chi connectivity index (χ4v) is 2.30. The lowest BCUT2D eigenvalue weighted by molar-refractivity contribution is 0.537. The molecule has 0 spiro atoms. The van der Waals surface area contributed by atoms with Crippen molar-refractivity contribution in [2.75, 3.05) is 0 Å². The van der Waals surface area contributed by atoms with E-state index < -0.39 is 0 Å². The van der Waals surface area contributed by atoms with Crippen molar-refractivity contribution >= 4 is 11.3 Å². The maximum atomic E-state index is 4.44. The minimum Gasteiger partial charge on any atom is -0.309 e. The molecule has 0 fully saturated rings. The van der Waals surface area contributed by atoms with Crippen LogP contribution in [-0.2, 0) is 6.54 Å². The molecule has 2 aromatic heterocycles. The van der Waals surface area contributed by atoms with E-state index in [1.54, 1.807) is 23.7 Å². The average Bonchev–Trinajstić information content (AvgIpc) is 2.86. The van der Waals surface area contributed by atoms with Crippen LogP contribution in [0.4, 0.5) is 0 Å². The number of thiazole rings is 1. The average molecular weight is 247 g/mol. The first-order valence-corrected chi connectivity index (χ1v) is 6.69. The van der Waals surface area contributed by atoms with E-state index in [1.807, 2.05) is 18.3 Å². The second-order valence-electron chi connectivity index (χ2n) is 4.06. The number of rotatable bonds is 5. The van der Waals surface area contributed by atoms with Crippen LogP contribution in [0.25, 0.3) is 10.6 Å². The number of aromatic nitrogens is 2. The van der Waals surface area contributed by atoms with E-state index in [-0.39, 0.29) is 0 Å². The van der Waals surface area contributed by atoms with Gasteiger partial charge in [0.25, 0.3) is 0 Å². The molecule has 0 aromatic carbocycles. The summed E-state index contributed by atoms with van der Waals surface area (Å²) < 4.78 is 0. The zero-order chi connectivity index (χ0) is 12.1. The van der Waals surface area contributed by atoms with Gasteiger partial charge in [-0.05, 0) is 25.5 Å². The summed E-state index contributed by atoms with van der Waals surface area (Å²) in [5, 5.41) is 4.53. The monoisotopic (exact) mass is 247 g/mol. The lowest BCUT2D eigenvalue weighted by Crippen LogP contribution is -2.23. The Morgan fingerprint density at radius 1 is 1.35 bits per heavy atom. The van der Waals surface area contributed by atoms with Crippen LogP contribution in [0.5, 0.6) is 0 Å². The molecule has 17 heavy (non-hydrogen) atoms. The van der Waals surface area contributed by atoms with Crippen molar-refractivity contribution in [3.8, 4) is 10.6 Å². The van der Waals surface area contributed by atoms with E-state index in [0.717, 1.165) is 23.5 Å². The summed E-state index contributed by atoms with van der Waals surface area (Å²) in [4.78, 5) is 9.73. The fraction of sp³-hybridized carbons (Fsp3) is 0.385. The molecule has 3 nitrogen and oxygen atoms in total. The molecule has 0 aliphatic rings. The number of hydrogen-bond acceptors (Lipinski definition) is 4. The lowest BCUT2D eigenvalue weighted by atomic mass is 10.2. The smallest absolute Gasteiger partial charge is 0.123 e. The highest BCUT2D eigenvalue weighted by Crippen LogP contribution is 2.24. The Bertz CT molecular complexity index is 453. The molecule has 1 N–H and O–H groups in total. The molecular formula is C13H17N3S. The third kappa shape index (κ3) is 3.35. The summed E-state index contributed by atoms with van der Waals surface area (Å²) in [6, 6.07) is 4.54. The standard InChI is InChI=1S/C13H17N3S/c1-3-10(2)15-8-12-9-16-13(17-12)11-4-6-14-7-5-11/h4-7,9-10,15H,3,8H2,1-2H3. The third-order valence-electron chi connectivity index (χ3n) is 2.72. The Morgan fingerprint density at radius 2 is 2.12 bits per heavy atom. The van der Waals surface area contributed by atoms with Crippen molar-refractivity contribution in [3.05, 3.63) is 35.6 Å². The summed E-state index contributed by atoms with van der Waals surface area (Å²) in [7, 11) is 0. The van der Waals surface area contributed by atoms with Crippen LogP contribution in [0.3, 0.4) is 0 Å². The number of hydrogen-bond donors (Lipinski definition) is 1. The van der Waals surface area contributed by atoms with E-state index in [9.17, 15) is 0 Å². The predicted octanol–water partition coefficient (Wildman–Crippen LogP) is 3.09. The van der Waals surface area contributed by atoms with Gasteiger partial charge in [0.15, 0.2) is 0 Å². The highest BCUT2D eigenvalue weighted by molar-refractivity contribution is 7.15. The van der Waals surface area contributed by atoms with Crippen molar-refractivity contribution in [1.82, 2.24) is 15.3 Å². The molecule has 0 radical (unpaired) electrons. The summed E-state index contributed by atoms with van der Waals surface area (Å²) in [5.74, 6) is 0. The summed E-state index contributed by atoms with van der Waals surface area (Å²) in [6.07, 6.45) is 6.70. The third-order valence-corrected chi connectivity index (χ3v) is 3.76. The van der Waals surface area contributed by atoms with Gasteiger partial charge in [-0.1, -0.05) is 6.92 Å². The van der Waals surface area contributed by atoms with Gasteiger partial charge in [-0.2, -0.15) is 0 Å². The molecule has 2 rings (SSSR count). The second-order valence-corrected chi connectivity index (χ2v) is 5.17. The van der Waals surface area contributed by atoms with Gasteiger partial charge in [-0.3, -0.25) is 4.98 Å². The molecule has 0 saturated carbocycles. The molecule has 1 atom stereocenters. The summed E-state index contributed by atoms with van der Waals surface area (Å²) in [5.41, 5.74) is 1.14. The molecule has 0 saturated heterocycles. The fourth-order valence-electron chi connectivity index (χ4n) is 1.44. The van der Waals surface area contributed by atoms with Gasteiger partial charge >= 0.3 is 0 Å². The Kier molecular flexibility index (Phi) is 4.23. The normalized spacial score (nSPS) is 12.6. The van der Waals surface area contributed by atoms with E-state index in [1.165, 1.54) is 4.88 Å². The maximum Gasteiger partial charge on any atom is 0.123 e. The highest BCUT2D eigenvalue weighted by Gasteiger charge is 2.05. The first-order valence-electron chi connectivity index (χ1n) is 5.88. The predicted molar refractivity (Wildman–Crippen MR) is 71.9 cm³/mol. The van der Waals surface area contributed by atoms with Crippen molar-refractivity contribution in [2.45, 2.75) is 32.9 Å². The largest absolute Gasteiger partial charge is 0.309 e. The highest BCUT2D eigenvalue weighted by atomic mass is 32.1. The van der Waals surface area contributed by atoms with Crippen LogP contribution in [0.2, 0.25) is 0 Å². The molecule has 0 bridgehead atoms. The van der Waals surface area contributed by atoms with Crippen LogP contribution < -0.4 is 5.32 Å². The van der Waals surface area contributed by atoms with E-state index in [4.69, 9.17) is 0 Å².